The molecule has 33 heavy (non-hydrogen) atoms. The fourth-order valence-electron chi connectivity index (χ4n) is 6.44. The van der Waals surface area contributed by atoms with Crippen LogP contribution in [0.25, 0.3) is 0 Å². The summed E-state index contributed by atoms with van der Waals surface area (Å²) in [5, 5.41) is 0. The van der Waals surface area contributed by atoms with Gasteiger partial charge in [-0.2, -0.15) is 0 Å². The topological polar surface area (TPSA) is 39.7 Å². The van der Waals surface area contributed by atoms with E-state index in [0.29, 0.717) is 30.3 Å². The standard InChI is InChI=1S/C28H38N4O/c33-27-11-10-26(12-18-31(27)21-25-9-4-15-29-19-25)32-17-6-14-28(23-32)13-5-16-30(22-28)20-24-7-2-1-3-8-24/h1-4,7-9,15,19,26H,5-6,10-14,16-18,20-23H2. The van der Waals surface area contributed by atoms with Gasteiger partial charge in [0.05, 0.1) is 0 Å². The third-order valence-electron chi connectivity index (χ3n) is 8.07. The molecule has 1 spiro atoms. The van der Waals surface area contributed by atoms with E-state index in [1.54, 1.807) is 6.20 Å². The maximum absolute atomic E-state index is 12.8. The summed E-state index contributed by atoms with van der Waals surface area (Å²) >= 11 is 0. The van der Waals surface area contributed by atoms with E-state index in [1.807, 2.05) is 12.3 Å². The number of nitrogens with zero attached hydrogens (tertiary/aromatic N) is 4. The number of hydrogen-bond donors (Lipinski definition) is 0. The molecular weight excluding hydrogens is 408 g/mol. The molecule has 1 amide bonds. The molecule has 5 rings (SSSR count). The monoisotopic (exact) mass is 446 g/mol. The number of pyridine rings is 1. The molecule has 176 valence electrons. The fraction of sp³-hybridized carbons (Fsp3) is 0.571. The number of rotatable bonds is 5. The van der Waals surface area contributed by atoms with Crippen LogP contribution in [-0.4, -0.2) is 64.4 Å². The second-order valence-electron chi connectivity index (χ2n) is 10.5. The Balaban J connectivity index is 1.20. The fourth-order valence-corrected chi connectivity index (χ4v) is 6.44. The van der Waals surface area contributed by atoms with Gasteiger partial charge in [-0.05, 0) is 74.2 Å². The van der Waals surface area contributed by atoms with Gasteiger partial charge in [0.25, 0.3) is 0 Å². The lowest BCUT2D eigenvalue weighted by molar-refractivity contribution is -0.131. The Labute approximate surface area is 198 Å². The maximum atomic E-state index is 12.8. The van der Waals surface area contributed by atoms with Gasteiger partial charge in [-0.25, -0.2) is 0 Å². The first-order chi connectivity index (χ1) is 16.2. The predicted molar refractivity (Wildman–Crippen MR) is 131 cm³/mol. The highest BCUT2D eigenvalue weighted by molar-refractivity contribution is 5.76. The summed E-state index contributed by atoms with van der Waals surface area (Å²) in [4.78, 5) is 24.6. The van der Waals surface area contributed by atoms with Crippen molar-refractivity contribution in [2.24, 2.45) is 5.41 Å². The first-order valence-corrected chi connectivity index (χ1v) is 12.9. The highest BCUT2D eigenvalue weighted by atomic mass is 16.2. The Morgan fingerprint density at radius 3 is 2.52 bits per heavy atom. The SMILES string of the molecule is O=C1CCC(N2CCCC3(CCCN(Cc4ccccc4)C3)C2)CCN1Cc1cccnc1. The van der Waals surface area contributed by atoms with Crippen molar-refractivity contribution in [3.8, 4) is 0 Å². The molecule has 4 heterocycles. The highest BCUT2D eigenvalue weighted by Crippen LogP contribution is 2.40. The molecule has 5 heteroatoms. The molecule has 3 aliphatic heterocycles. The van der Waals surface area contributed by atoms with Crippen molar-refractivity contribution in [1.82, 2.24) is 19.7 Å². The normalized spacial score (nSPS) is 27.6. The lowest BCUT2D eigenvalue weighted by atomic mass is 9.73. The molecule has 0 bridgehead atoms. The average Bonchev–Trinajstić information content (AvgIpc) is 3.02. The number of carbonyl (C=O) groups excluding carboxylic acids is 1. The van der Waals surface area contributed by atoms with Crippen molar-refractivity contribution < 1.29 is 4.79 Å². The molecule has 3 fully saturated rings. The van der Waals surface area contributed by atoms with E-state index < -0.39 is 0 Å². The van der Waals surface area contributed by atoms with E-state index in [0.717, 1.165) is 31.5 Å². The minimum Gasteiger partial charge on any atom is -0.338 e. The molecule has 2 atom stereocenters. The van der Waals surface area contributed by atoms with Crippen molar-refractivity contribution in [3.05, 3.63) is 66.0 Å². The van der Waals surface area contributed by atoms with Crippen molar-refractivity contribution >= 4 is 5.91 Å². The lowest BCUT2D eigenvalue weighted by Gasteiger charge is -2.50. The number of hydrogen-bond acceptors (Lipinski definition) is 4. The van der Waals surface area contributed by atoms with E-state index in [1.165, 1.54) is 57.4 Å². The summed E-state index contributed by atoms with van der Waals surface area (Å²) in [5.74, 6) is 0.305. The Morgan fingerprint density at radius 1 is 0.879 bits per heavy atom. The number of likely N-dealkylation sites (tertiary alicyclic amines) is 3. The number of benzene rings is 1. The maximum Gasteiger partial charge on any atom is 0.222 e. The van der Waals surface area contributed by atoms with Crippen molar-refractivity contribution in [2.45, 2.75) is 64.1 Å². The lowest BCUT2D eigenvalue weighted by Crippen LogP contribution is -2.54. The number of aromatic nitrogens is 1. The van der Waals surface area contributed by atoms with E-state index in [2.05, 4.69) is 56.1 Å². The molecule has 0 radical (unpaired) electrons. The summed E-state index contributed by atoms with van der Waals surface area (Å²) < 4.78 is 0. The van der Waals surface area contributed by atoms with Crippen LogP contribution in [0.2, 0.25) is 0 Å². The van der Waals surface area contributed by atoms with Crippen LogP contribution in [0.15, 0.2) is 54.9 Å². The highest BCUT2D eigenvalue weighted by Gasteiger charge is 2.41. The van der Waals surface area contributed by atoms with Gasteiger partial charge in [0.1, 0.15) is 0 Å². The predicted octanol–water partition coefficient (Wildman–Crippen LogP) is 4.34. The minimum absolute atomic E-state index is 0.305. The quantitative estimate of drug-likeness (QED) is 0.685. The Hall–Kier alpha value is -2.24. The van der Waals surface area contributed by atoms with Gasteiger partial charge < -0.3 is 4.90 Å². The smallest absolute Gasteiger partial charge is 0.222 e. The summed E-state index contributed by atoms with van der Waals surface area (Å²) in [5.41, 5.74) is 2.98. The third kappa shape index (κ3) is 5.64. The van der Waals surface area contributed by atoms with Crippen molar-refractivity contribution in [1.29, 1.82) is 0 Å². The molecule has 1 aromatic heterocycles. The summed E-state index contributed by atoms with van der Waals surface area (Å²) in [6.45, 7) is 7.47. The van der Waals surface area contributed by atoms with Gasteiger partial charge in [-0.3, -0.25) is 19.6 Å². The van der Waals surface area contributed by atoms with Crippen LogP contribution in [-0.2, 0) is 17.9 Å². The second kappa shape index (κ2) is 10.4. The summed E-state index contributed by atoms with van der Waals surface area (Å²) in [6.07, 6.45) is 11.8. The summed E-state index contributed by atoms with van der Waals surface area (Å²) in [7, 11) is 0. The zero-order valence-corrected chi connectivity index (χ0v) is 19.9. The van der Waals surface area contributed by atoms with Gasteiger partial charge in [-0.15, -0.1) is 0 Å². The van der Waals surface area contributed by atoms with Crippen molar-refractivity contribution in [3.63, 3.8) is 0 Å². The van der Waals surface area contributed by atoms with Crippen LogP contribution in [0.5, 0.6) is 0 Å². The molecule has 0 aliphatic carbocycles. The number of amides is 1. The van der Waals surface area contributed by atoms with Gasteiger partial charge in [0.15, 0.2) is 0 Å². The van der Waals surface area contributed by atoms with E-state index in [9.17, 15) is 4.79 Å². The molecule has 2 unspecified atom stereocenters. The third-order valence-corrected chi connectivity index (χ3v) is 8.07. The second-order valence-corrected chi connectivity index (χ2v) is 10.5. The first-order valence-electron chi connectivity index (χ1n) is 12.9. The van der Waals surface area contributed by atoms with E-state index >= 15 is 0 Å². The first kappa shape index (κ1) is 22.5. The molecule has 2 aromatic rings. The average molecular weight is 447 g/mol. The molecule has 0 N–H and O–H groups in total. The van der Waals surface area contributed by atoms with Crippen molar-refractivity contribution in [2.75, 3.05) is 32.7 Å². The Kier molecular flexibility index (Phi) is 7.07. The zero-order valence-electron chi connectivity index (χ0n) is 19.9. The molecular formula is C28H38N4O. The molecule has 3 aliphatic rings. The number of carbonyl (C=O) groups is 1. The van der Waals surface area contributed by atoms with Crippen LogP contribution in [0.4, 0.5) is 0 Å². The molecule has 5 nitrogen and oxygen atoms in total. The van der Waals surface area contributed by atoms with Gasteiger partial charge in [0.2, 0.25) is 5.91 Å². The Morgan fingerprint density at radius 2 is 1.70 bits per heavy atom. The van der Waals surface area contributed by atoms with E-state index in [4.69, 9.17) is 0 Å². The minimum atomic E-state index is 0.305. The Bertz CT molecular complexity index is 901. The van der Waals surface area contributed by atoms with Gasteiger partial charge in [-0.1, -0.05) is 36.4 Å². The number of piperidine rings is 2. The van der Waals surface area contributed by atoms with E-state index in [-0.39, 0.29) is 0 Å². The molecule has 0 saturated carbocycles. The largest absolute Gasteiger partial charge is 0.338 e. The zero-order chi connectivity index (χ0) is 22.5. The van der Waals surface area contributed by atoms with Crippen LogP contribution in [0, 0.1) is 5.41 Å². The van der Waals surface area contributed by atoms with Crippen LogP contribution >= 0.6 is 0 Å². The van der Waals surface area contributed by atoms with Crippen LogP contribution in [0.1, 0.15) is 56.1 Å². The van der Waals surface area contributed by atoms with Crippen LogP contribution in [0.3, 0.4) is 0 Å². The van der Waals surface area contributed by atoms with Crippen LogP contribution < -0.4 is 0 Å². The summed E-state index contributed by atoms with van der Waals surface area (Å²) in [6, 6.07) is 15.5. The van der Waals surface area contributed by atoms with Gasteiger partial charge in [0, 0.05) is 57.6 Å². The molecule has 3 saturated heterocycles. The van der Waals surface area contributed by atoms with Gasteiger partial charge >= 0.3 is 0 Å². The molecule has 1 aromatic carbocycles.